The second-order valence-electron chi connectivity index (χ2n) is 4.86. The highest BCUT2D eigenvalue weighted by Crippen LogP contribution is 2.20. The van der Waals surface area contributed by atoms with Crippen LogP contribution in [0.4, 0.5) is 5.69 Å². The third kappa shape index (κ3) is 3.27. The van der Waals surface area contributed by atoms with Gasteiger partial charge in [0.1, 0.15) is 4.60 Å². The molecule has 0 radical (unpaired) electrons. The van der Waals surface area contributed by atoms with Gasteiger partial charge in [-0.1, -0.05) is 5.21 Å². The van der Waals surface area contributed by atoms with Gasteiger partial charge in [-0.25, -0.2) is 9.67 Å². The van der Waals surface area contributed by atoms with Crippen molar-refractivity contribution in [2.45, 2.75) is 18.9 Å². The Morgan fingerprint density at radius 1 is 1.43 bits per heavy atom. The number of rotatable bonds is 3. The minimum Gasteiger partial charge on any atom is -0.318 e. The van der Waals surface area contributed by atoms with Crippen LogP contribution in [-0.2, 0) is 0 Å². The number of piperidine rings is 1. The molecule has 0 atom stereocenters. The number of pyridine rings is 1. The Labute approximate surface area is 130 Å². The molecular formula is C13H15BrN6O. The molecule has 1 aliphatic rings. The highest BCUT2D eigenvalue weighted by atomic mass is 79.9. The zero-order valence-electron chi connectivity index (χ0n) is 11.3. The Bertz CT molecular complexity index is 637. The van der Waals surface area contributed by atoms with Crippen LogP contribution >= 0.6 is 15.9 Å². The quantitative estimate of drug-likeness (QED) is 0.821. The number of anilines is 1. The van der Waals surface area contributed by atoms with E-state index in [2.05, 4.69) is 41.9 Å². The molecule has 0 aliphatic carbocycles. The maximum Gasteiger partial charge on any atom is 0.277 e. The fourth-order valence-corrected chi connectivity index (χ4v) is 2.65. The summed E-state index contributed by atoms with van der Waals surface area (Å²) in [5, 5.41) is 14.1. The van der Waals surface area contributed by atoms with Gasteiger partial charge < -0.3 is 10.6 Å². The number of hydrogen-bond donors (Lipinski definition) is 2. The lowest BCUT2D eigenvalue weighted by Gasteiger charge is -2.22. The van der Waals surface area contributed by atoms with Gasteiger partial charge >= 0.3 is 0 Å². The van der Waals surface area contributed by atoms with Gasteiger partial charge in [-0.15, -0.1) is 5.10 Å². The first-order valence-corrected chi connectivity index (χ1v) is 7.58. The van der Waals surface area contributed by atoms with E-state index in [4.69, 9.17) is 0 Å². The van der Waals surface area contributed by atoms with E-state index in [1.165, 1.54) is 0 Å². The second kappa shape index (κ2) is 6.31. The molecule has 21 heavy (non-hydrogen) atoms. The third-order valence-corrected chi connectivity index (χ3v) is 4.06. The van der Waals surface area contributed by atoms with Crippen molar-refractivity contribution in [3.05, 3.63) is 34.8 Å². The molecule has 1 aliphatic heterocycles. The average Bonchev–Trinajstić information content (AvgIpc) is 3.00. The van der Waals surface area contributed by atoms with E-state index < -0.39 is 0 Å². The average molecular weight is 351 g/mol. The SMILES string of the molecule is O=C(Nc1cccnc1Br)c1cn(C2CCNCC2)nn1. The summed E-state index contributed by atoms with van der Waals surface area (Å²) < 4.78 is 2.37. The smallest absolute Gasteiger partial charge is 0.277 e. The largest absolute Gasteiger partial charge is 0.318 e. The van der Waals surface area contributed by atoms with Crippen LogP contribution in [0.15, 0.2) is 29.1 Å². The summed E-state index contributed by atoms with van der Waals surface area (Å²) in [5.41, 5.74) is 0.920. The summed E-state index contributed by atoms with van der Waals surface area (Å²) in [5.74, 6) is -0.288. The van der Waals surface area contributed by atoms with Crippen molar-refractivity contribution in [3.8, 4) is 0 Å². The van der Waals surface area contributed by atoms with Gasteiger partial charge in [-0.05, 0) is 54.0 Å². The fourth-order valence-electron chi connectivity index (χ4n) is 2.30. The van der Waals surface area contributed by atoms with Crippen LogP contribution in [-0.4, -0.2) is 39.0 Å². The Kier molecular flexibility index (Phi) is 4.26. The number of aromatic nitrogens is 4. The highest BCUT2D eigenvalue weighted by molar-refractivity contribution is 9.10. The molecule has 1 saturated heterocycles. The van der Waals surface area contributed by atoms with Gasteiger partial charge in [-0.2, -0.15) is 0 Å². The van der Waals surface area contributed by atoms with E-state index in [-0.39, 0.29) is 5.91 Å². The van der Waals surface area contributed by atoms with Crippen LogP contribution in [0.5, 0.6) is 0 Å². The molecule has 2 aromatic rings. The van der Waals surface area contributed by atoms with Crippen LogP contribution in [0.2, 0.25) is 0 Å². The topological polar surface area (TPSA) is 84.7 Å². The van der Waals surface area contributed by atoms with E-state index in [0.717, 1.165) is 25.9 Å². The van der Waals surface area contributed by atoms with Gasteiger partial charge in [0.05, 0.1) is 17.9 Å². The van der Waals surface area contributed by atoms with Crippen LogP contribution < -0.4 is 10.6 Å². The Hall–Kier alpha value is -1.80. The van der Waals surface area contributed by atoms with Crippen LogP contribution in [0.25, 0.3) is 0 Å². The molecule has 3 rings (SSSR count). The number of hydrogen-bond acceptors (Lipinski definition) is 5. The molecule has 0 unspecified atom stereocenters. The molecule has 1 fully saturated rings. The molecule has 2 N–H and O–H groups in total. The summed E-state index contributed by atoms with van der Waals surface area (Å²) in [4.78, 5) is 16.2. The molecule has 0 bridgehead atoms. The number of carbonyl (C=O) groups is 1. The number of halogens is 1. The monoisotopic (exact) mass is 350 g/mol. The van der Waals surface area contributed by atoms with Crippen LogP contribution in [0.3, 0.4) is 0 Å². The van der Waals surface area contributed by atoms with E-state index >= 15 is 0 Å². The first-order valence-electron chi connectivity index (χ1n) is 6.78. The summed E-state index contributed by atoms with van der Waals surface area (Å²) in [7, 11) is 0. The molecule has 0 saturated carbocycles. The Balaban J connectivity index is 1.71. The van der Waals surface area contributed by atoms with Gasteiger partial charge in [0.25, 0.3) is 5.91 Å². The number of carbonyl (C=O) groups excluding carboxylic acids is 1. The van der Waals surface area contributed by atoms with Gasteiger partial charge in [-0.3, -0.25) is 4.79 Å². The Morgan fingerprint density at radius 3 is 3.00 bits per heavy atom. The number of nitrogens with one attached hydrogen (secondary N) is 2. The second-order valence-corrected chi connectivity index (χ2v) is 5.61. The predicted molar refractivity (Wildman–Crippen MR) is 81.1 cm³/mol. The summed E-state index contributed by atoms with van der Waals surface area (Å²) >= 11 is 3.29. The van der Waals surface area contributed by atoms with Gasteiger partial charge in [0.15, 0.2) is 5.69 Å². The maximum absolute atomic E-state index is 12.2. The van der Waals surface area contributed by atoms with E-state index in [9.17, 15) is 4.79 Å². The van der Waals surface area contributed by atoms with Crippen molar-refractivity contribution in [2.24, 2.45) is 0 Å². The minimum atomic E-state index is -0.288. The molecular weight excluding hydrogens is 336 g/mol. The van der Waals surface area contributed by atoms with Gasteiger partial charge in [0.2, 0.25) is 0 Å². The van der Waals surface area contributed by atoms with Crippen LogP contribution in [0, 0.1) is 0 Å². The molecule has 1 amide bonds. The van der Waals surface area contributed by atoms with Crippen molar-refractivity contribution >= 4 is 27.5 Å². The van der Waals surface area contributed by atoms with Crippen molar-refractivity contribution in [1.29, 1.82) is 0 Å². The summed E-state index contributed by atoms with van der Waals surface area (Å²) in [6.07, 6.45) is 5.35. The lowest BCUT2D eigenvalue weighted by Crippen LogP contribution is -2.29. The zero-order chi connectivity index (χ0) is 14.7. The Morgan fingerprint density at radius 2 is 2.24 bits per heavy atom. The maximum atomic E-state index is 12.2. The van der Waals surface area contributed by atoms with E-state index in [1.54, 1.807) is 29.2 Å². The van der Waals surface area contributed by atoms with Crippen molar-refractivity contribution in [2.75, 3.05) is 18.4 Å². The van der Waals surface area contributed by atoms with Crippen LogP contribution in [0.1, 0.15) is 29.4 Å². The standard InChI is InChI=1S/C13H15BrN6O/c14-12-10(2-1-5-16-12)17-13(21)11-8-20(19-18-11)9-3-6-15-7-4-9/h1-2,5,8-9,15H,3-4,6-7H2,(H,17,21). The fraction of sp³-hybridized carbons (Fsp3) is 0.385. The van der Waals surface area contributed by atoms with E-state index in [1.807, 2.05) is 0 Å². The molecule has 8 heteroatoms. The number of nitrogens with zero attached hydrogens (tertiary/aromatic N) is 4. The summed E-state index contributed by atoms with van der Waals surface area (Å²) in [6.45, 7) is 1.93. The zero-order valence-corrected chi connectivity index (χ0v) is 12.9. The van der Waals surface area contributed by atoms with Gasteiger partial charge in [0, 0.05) is 6.20 Å². The lowest BCUT2D eigenvalue weighted by molar-refractivity contribution is 0.102. The van der Waals surface area contributed by atoms with Crippen molar-refractivity contribution < 1.29 is 4.79 Å². The predicted octanol–water partition coefficient (Wildman–Crippen LogP) is 1.61. The third-order valence-electron chi connectivity index (χ3n) is 3.43. The normalized spacial score (nSPS) is 15.9. The van der Waals surface area contributed by atoms with Crippen molar-refractivity contribution in [1.82, 2.24) is 25.3 Å². The van der Waals surface area contributed by atoms with E-state index in [0.29, 0.717) is 22.0 Å². The molecule has 3 heterocycles. The molecule has 2 aromatic heterocycles. The summed E-state index contributed by atoms with van der Waals surface area (Å²) in [6, 6.07) is 3.84. The molecule has 0 aromatic carbocycles. The molecule has 110 valence electrons. The first-order chi connectivity index (χ1) is 10.2. The highest BCUT2D eigenvalue weighted by Gasteiger charge is 2.19. The molecule has 0 spiro atoms. The minimum absolute atomic E-state index is 0.288. The lowest BCUT2D eigenvalue weighted by atomic mass is 10.1. The first kappa shape index (κ1) is 14.2. The molecule has 7 nitrogen and oxygen atoms in total. The number of amides is 1. The van der Waals surface area contributed by atoms with Crippen molar-refractivity contribution in [3.63, 3.8) is 0 Å².